The van der Waals surface area contributed by atoms with Crippen molar-refractivity contribution in [2.24, 2.45) is 17.3 Å². The lowest BCUT2D eigenvalue weighted by Crippen LogP contribution is -2.64. The van der Waals surface area contributed by atoms with Crippen LogP contribution >= 0.6 is 0 Å². The summed E-state index contributed by atoms with van der Waals surface area (Å²) in [5, 5.41) is 11.4. The molecule has 5 rings (SSSR count). The molecule has 0 spiro atoms. The van der Waals surface area contributed by atoms with Crippen LogP contribution in [0.15, 0.2) is 18.6 Å². The van der Waals surface area contributed by atoms with Crippen molar-refractivity contribution in [1.82, 2.24) is 36.1 Å². The largest absolute Gasteiger partial charge is 0.347 e. The van der Waals surface area contributed by atoms with E-state index in [2.05, 4.69) is 31.2 Å². The first-order valence-electron chi connectivity index (χ1n) is 17.7. The molecule has 3 aliphatic carbocycles. The van der Waals surface area contributed by atoms with E-state index < -0.39 is 59.0 Å². The van der Waals surface area contributed by atoms with E-state index in [-0.39, 0.29) is 35.5 Å². The molecule has 0 unspecified atom stereocenters. The summed E-state index contributed by atoms with van der Waals surface area (Å²) >= 11 is 0. The maximum atomic E-state index is 14.6. The highest BCUT2D eigenvalue weighted by molar-refractivity contribution is 6.38. The number of carbonyl (C=O) groups is 6. The number of likely N-dealkylation sites (tertiary alicyclic amines) is 1. The third kappa shape index (κ3) is 8.20. The van der Waals surface area contributed by atoms with Crippen molar-refractivity contribution in [3.63, 3.8) is 0 Å². The van der Waals surface area contributed by atoms with Crippen LogP contribution in [0.25, 0.3) is 0 Å². The number of ketones is 1. The van der Waals surface area contributed by atoms with Crippen molar-refractivity contribution >= 4 is 35.3 Å². The van der Waals surface area contributed by atoms with Crippen LogP contribution in [0, 0.1) is 17.3 Å². The zero-order chi connectivity index (χ0) is 34.6. The summed E-state index contributed by atoms with van der Waals surface area (Å²) in [4.78, 5) is 91.0. The van der Waals surface area contributed by atoms with E-state index >= 15 is 0 Å². The molecule has 0 radical (unpaired) electrons. The van der Waals surface area contributed by atoms with Gasteiger partial charge in [0, 0.05) is 24.5 Å². The van der Waals surface area contributed by atoms with Crippen LogP contribution in [0.5, 0.6) is 0 Å². The average molecular weight is 666 g/mol. The molecule has 3 saturated carbocycles. The lowest BCUT2D eigenvalue weighted by atomic mass is 9.81. The minimum Gasteiger partial charge on any atom is -0.347 e. The fraction of sp³-hybridized carbons (Fsp3) is 0.714. The number of rotatable bonds is 13. The van der Waals surface area contributed by atoms with Crippen LogP contribution < -0.4 is 21.3 Å². The molecule has 1 aromatic heterocycles. The standard InChI is InChI=1S/C35H51N7O6/c1-5-9-24(28(43)33(47)38-22-13-14-22)39-32(46)27-21-12-15-23(18-21)42(27)34(48)29(35(2,3)4)41-31(45)26(20-10-7-6-8-11-20)40-30(44)25-19-36-16-17-37-25/h16-17,19-24,26-27,29H,5-15,18H2,1-4H3,(H,38,47)(H,39,46)(H,40,44)(H,41,45)/t21-,23+,24-,26-,27-,29-/m0/s1. The third-order valence-electron chi connectivity index (χ3n) is 10.3. The van der Waals surface area contributed by atoms with Gasteiger partial charge in [-0.25, -0.2) is 4.98 Å². The Balaban J connectivity index is 1.34. The number of piperidine rings is 1. The fourth-order valence-electron chi connectivity index (χ4n) is 7.63. The van der Waals surface area contributed by atoms with Gasteiger partial charge >= 0.3 is 0 Å². The number of hydrogen-bond donors (Lipinski definition) is 4. The molecule has 262 valence electrons. The number of hydrogen-bond acceptors (Lipinski definition) is 8. The van der Waals surface area contributed by atoms with E-state index in [0.717, 1.165) is 57.8 Å². The number of nitrogens with zero attached hydrogens (tertiary/aromatic N) is 3. The van der Waals surface area contributed by atoms with E-state index in [4.69, 9.17) is 0 Å². The van der Waals surface area contributed by atoms with Gasteiger partial charge in [0.1, 0.15) is 23.8 Å². The Morgan fingerprint density at radius 3 is 2.27 bits per heavy atom. The van der Waals surface area contributed by atoms with Crippen LogP contribution in [0.2, 0.25) is 0 Å². The van der Waals surface area contributed by atoms with Gasteiger partial charge in [0.25, 0.3) is 11.8 Å². The van der Waals surface area contributed by atoms with E-state index in [1.807, 2.05) is 27.7 Å². The second-order valence-corrected chi connectivity index (χ2v) is 15.1. The van der Waals surface area contributed by atoms with Gasteiger partial charge in [-0.15, -0.1) is 0 Å². The van der Waals surface area contributed by atoms with Crippen LogP contribution in [0.1, 0.15) is 115 Å². The molecule has 4 fully saturated rings. The minimum absolute atomic E-state index is 0.0145. The van der Waals surface area contributed by atoms with Crippen LogP contribution in [0.4, 0.5) is 0 Å². The molecule has 5 amide bonds. The van der Waals surface area contributed by atoms with Crippen LogP contribution in [-0.2, 0) is 24.0 Å². The molecule has 2 heterocycles. The lowest BCUT2D eigenvalue weighted by Gasteiger charge is -2.41. The highest BCUT2D eigenvalue weighted by Gasteiger charge is 2.54. The summed E-state index contributed by atoms with van der Waals surface area (Å²) in [6.07, 6.45) is 13.4. The monoisotopic (exact) mass is 665 g/mol. The molecule has 6 atom stereocenters. The van der Waals surface area contributed by atoms with Gasteiger partial charge in [0.05, 0.1) is 12.2 Å². The number of fused-ring (bicyclic) bond motifs is 2. The molecule has 13 nitrogen and oxygen atoms in total. The third-order valence-corrected chi connectivity index (χ3v) is 10.3. The average Bonchev–Trinajstić information content (AvgIpc) is 3.64. The highest BCUT2D eigenvalue weighted by Crippen LogP contribution is 2.44. The Morgan fingerprint density at radius 2 is 1.65 bits per heavy atom. The van der Waals surface area contributed by atoms with Gasteiger partial charge in [-0.1, -0.05) is 53.4 Å². The number of Topliss-reactive ketones (excluding diaryl/α,β-unsaturated/α-hetero) is 1. The number of amides is 5. The van der Waals surface area contributed by atoms with E-state index in [1.165, 1.54) is 18.6 Å². The summed E-state index contributed by atoms with van der Waals surface area (Å²) in [5.41, 5.74) is -0.634. The Morgan fingerprint density at radius 1 is 0.917 bits per heavy atom. The molecule has 2 bridgehead atoms. The summed E-state index contributed by atoms with van der Waals surface area (Å²) in [7, 11) is 0. The van der Waals surface area contributed by atoms with Gasteiger partial charge in [-0.05, 0) is 68.6 Å². The maximum absolute atomic E-state index is 14.6. The first-order chi connectivity index (χ1) is 22.9. The van der Waals surface area contributed by atoms with Crippen molar-refractivity contribution in [3.05, 3.63) is 24.3 Å². The van der Waals surface area contributed by atoms with Gasteiger partial charge in [0.15, 0.2) is 0 Å². The van der Waals surface area contributed by atoms with Crippen molar-refractivity contribution in [1.29, 1.82) is 0 Å². The van der Waals surface area contributed by atoms with Crippen LogP contribution in [0.3, 0.4) is 0 Å². The normalized spacial score (nSPS) is 24.2. The Bertz CT molecular complexity index is 1370. The first-order valence-corrected chi connectivity index (χ1v) is 17.7. The Hall–Kier alpha value is -3.90. The molecular formula is C35H51N7O6. The lowest BCUT2D eigenvalue weighted by molar-refractivity contribution is -0.149. The molecule has 1 saturated heterocycles. The fourth-order valence-corrected chi connectivity index (χ4v) is 7.63. The molecule has 1 aliphatic heterocycles. The van der Waals surface area contributed by atoms with E-state index in [9.17, 15) is 28.8 Å². The predicted molar refractivity (Wildman–Crippen MR) is 176 cm³/mol. The second kappa shape index (κ2) is 15.1. The topological polar surface area (TPSA) is 180 Å². The SMILES string of the molecule is CCC[C@H](NC(=O)[C@@H]1[C@H]2CC[C@H](C2)N1C(=O)[C@H](NC(=O)[C@@H](NC(=O)c1cnccn1)C1CCCCC1)C(C)(C)C)C(=O)C(=O)NC1CC1. The minimum atomic E-state index is -0.989. The highest BCUT2D eigenvalue weighted by atomic mass is 16.2. The maximum Gasteiger partial charge on any atom is 0.289 e. The summed E-state index contributed by atoms with van der Waals surface area (Å²) in [6.45, 7) is 7.47. The molecule has 0 aromatic carbocycles. The first kappa shape index (κ1) is 35.4. The quantitative estimate of drug-likeness (QED) is 0.232. The van der Waals surface area contributed by atoms with Gasteiger partial charge < -0.3 is 26.2 Å². The van der Waals surface area contributed by atoms with Crippen molar-refractivity contribution < 1.29 is 28.8 Å². The van der Waals surface area contributed by atoms with Crippen molar-refractivity contribution in [2.45, 2.75) is 141 Å². The molecule has 4 N–H and O–H groups in total. The molecular weight excluding hydrogens is 614 g/mol. The summed E-state index contributed by atoms with van der Waals surface area (Å²) in [5.74, 6) is -3.33. The molecule has 4 aliphatic rings. The van der Waals surface area contributed by atoms with Gasteiger partial charge in [-0.3, -0.25) is 33.8 Å². The predicted octanol–water partition coefficient (Wildman–Crippen LogP) is 2.20. The number of aromatic nitrogens is 2. The number of nitrogens with one attached hydrogen (secondary N) is 4. The van der Waals surface area contributed by atoms with Gasteiger partial charge in [0.2, 0.25) is 23.5 Å². The molecule has 48 heavy (non-hydrogen) atoms. The van der Waals surface area contributed by atoms with E-state index in [1.54, 1.807) is 4.90 Å². The van der Waals surface area contributed by atoms with Crippen molar-refractivity contribution in [2.75, 3.05) is 0 Å². The Kier molecular flexibility index (Phi) is 11.1. The smallest absolute Gasteiger partial charge is 0.289 e. The Labute approximate surface area is 282 Å². The van der Waals surface area contributed by atoms with Crippen LogP contribution in [-0.4, -0.2) is 86.4 Å². The second-order valence-electron chi connectivity index (χ2n) is 15.1. The molecule has 1 aromatic rings. The van der Waals surface area contributed by atoms with Gasteiger partial charge in [-0.2, -0.15) is 0 Å². The molecule has 13 heteroatoms. The number of carbonyl (C=O) groups excluding carboxylic acids is 6. The zero-order valence-electron chi connectivity index (χ0n) is 28.6. The summed E-state index contributed by atoms with van der Waals surface area (Å²) in [6, 6.07) is -3.83. The van der Waals surface area contributed by atoms with E-state index in [0.29, 0.717) is 19.3 Å². The summed E-state index contributed by atoms with van der Waals surface area (Å²) < 4.78 is 0. The van der Waals surface area contributed by atoms with Crippen molar-refractivity contribution in [3.8, 4) is 0 Å². The zero-order valence-corrected chi connectivity index (χ0v) is 28.6.